The first-order chi connectivity index (χ1) is 30.4. The lowest BCUT2D eigenvalue weighted by molar-refractivity contribution is -0.142. The molecule has 2 aromatic carbocycles. The number of hydrogen-bond acceptors (Lipinski definition) is 13. The number of hydrogen-bond donors (Lipinski definition) is 13. The van der Waals surface area contributed by atoms with Crippen LogP contribution in [0.2, 0.25) is 0 Å². The summed E-state index contributed by atoms with van der Waals surface area (Å²) in [4.78, 5) is 127. The first-order valence-electron chi connectivity index (χ1n) is 20.4. The number of carboxylic acid groups (broad SMARTS) is 1. The van der Waals surface area contributed by atoms with E-state index in [9.17, 15) is 58.2 Å². The molecule has 0 bridgehead atoms. The SMILES string of the molecule is C[C@H](NC(=O)[C@H](CC(N)=O)NC(=O)[C@H](CO)NC(=O)CNC(=O)[C@H](CO)NC(=O)[C@H](Cc1ccccc1)NC(=O)[C@H](C)NC(=O)[C@H](Cc1ccccc1)NC(=O)[C@@H]1CCCN1)C(=O)O. The lowest BCUT2D eigenvalue weighted by Gasteiger charge is -2.25. The van der Waals surface area contributed by atoms with Crippen molar-refractivity contribution in [3.05, 3.63) is 71.8 Å². The number of aliphatic hydroxyl groups excluding tert-OH is 2. The van der Waals surface area contributed by atoms with Crippen molar-refractivity contribution in [2.75, 3.05) is 26.3 Å². The molecule has 0 unspecified atom stereocenters. The predicted octanol–water partition coefficient (Wildman–Crippen LogP) is -5.28. The van der Waals surface area contributed by atoms with Crippen LogP contribution in [0.4, 0.5) is 0 Å². The zero-order chi connectivity index (χ0) is 47.3. The van der Waals surface area contributed by atoms with Gasteiger partial charge in [-0.1, -0.05) is 60.7 Å². The van der Waals surface area contributed by atoms with Gasteiger partial charge in [-0.15, -0.1) is 0 Å². The third-order valence-electron chi connectivity index (χ3n) is 9.80. The van der Waals surface area contributed by atoms with Crippen LogP contribution in [0, 0.1) is 0 Å². The molecule has 23 nitrogen and oxygen atoms in total. The van der Waals surface area contributed by atoms with E-state index in [0.29, 0.717) is 18.5 Å². The maximum absolute atomic E-state index is 13.7. The molecule has 64 heavy (non-hydrogen) atoms. The molecule has 9 amide bonds. The summed E-state index contributed by atoms with van der Waals surface area (Å²) in [7, 11) is 0. The number of aliphatic carboxylic acids is 1. The molecule has 1 heterocycles. The molecule has 1 saturated heterocycles. The molecule has 0 aliphatic carbocycles. The Hall–Kier alpha value is -6.98. The minimum absolute atomic E-state index is 0.104. The van der Waals surface area contributed by atoms with Gasteiger partial charge in [0.1, 0.15) is 42.3 Å². The molecule has 1 fully saturated rings. The Balaban J connectivity index is 1.64. The fourth-order valence-electron chi connectivity index (χ4n) is 6.23. The Kier molecular flexibility index (Phi) is 20.7. The number of aliphatic hydroxyl groups is 2. The molecule has 1 aliphatic heterocycles. The molecule has 3 rings (SSSR count). The van der Waals surface area contributed by atoms with E-state index in [4.69, 9.17) is 10.8 Å². The summed E-state index contributed by atoms with van der Waals surface area (Å²) in [6.45, 7) is 0.288. The van der Waals surface area contributed by atoms with Crippen molar-refractivity contribution in [3.63, 3.8) is 0 Å². The van der Waals surface area contributed by atoms with Crippen LogP contribution in [-0.2, 0) is 60.8 Å². The van der Waals surface area contributed by atoms with Crippen LogP contribution in [0.25, 0.3) is 0 Å². The van der Waals surface area contributed by atoms with E-state index in [-0.39, 0.29) is 18.7 Å². The number of carbonyl (C=O) groups excluding carboxylic acids is 9. The summed E-state index contributed by atoms with van der Waals surface area (Å²) in [6, 6.07) is 6.77. The van der Waals surface area contributed by atoms with E-state index >= 15 is 0 Å². The molecular formula is C41H56N10O13. The van der Waals surface area contributed by atoms with Gasteiger partial charge in [-0.05, 0) is 44.4 Å². The van der Waals surface area contributed by atoms with Crippen LogP contribution in [-0.4, -0.2) is 149 Å². The second kappa shape index (κ2) is 25.8. The molecule has 0 saturated carbocycles. The van der Waals surface area contributed by atoms with E-state index < -0.39 is 128 Å². The minimum Gasteiger partial charge on any atom is -0.480 e. The fraction of sp³-hybridized carbons (Fsp3) is 0.463. The minimum atomic E-state index is -1.74. The molecular weight excluding hydrogens is 841 g/mol. The van der Waals surface area contributed by atoms with Gasteiger partial charge in [-0.2, -0.15) is 0 Å². The maximum atomic E-state index is 13.7. The summed E-state index contributed by atoms with van der Waals surface area (Å²) in [5.41, 5.74) is 6.49. The van der Waals surface area contributed by atoms with E-state index in [1.165, 1.54) is 6.92 Å². The standard InChI is InChI=1S/C41H56N10O13/c1-22(45-37(59)27(16-24-10-5-3-6-11-24)49-36(58)26-14-9-15-43-26)34(56)48-28(17-25-12-7-4-8-13-25)39(61)51-30(20-52)35(57)44-19-33(55)47-31(21-53)40(62)50-29(18-32(42)54)38(60)46-23(2)41(63)64/h3-8,10-13,22-23,26-31,43,52-53H,9,14-21H2,1-2H3,(H2,42,54)(H,44,57)(H,45,59)(H,46,60)(H,47,55)(H,48,56)(H,49,58)(H,50,62)(H,51,61)(H,63,64)/t22-,23-,26-,27-,28-,29-,30-,31-/m0/s1. The Labute approximate surface area is 367 Å². The zero-order valence-corrected chi connectivity index (χ0v) is 35.3. The van der Waals surface area contributed by atoms with Crippen LogP contribution in [0.5, 0.6) is 0 Å². The van der Waals surface area contributed by atoms with Crippen LogP contribution in [0.3, 0.4) is 0 Å². The van der Waals surface area contributed by atoms with E-state index in [1.807, 2.05) is 0 Å². The molecule has 23 heteroatoms. The number of benzene rings is 2. The van der Waals surface area contributed by atoms with Gasteiger partial charge in [0, 0.05) is 12.8 Å². The van der Waals surface area contributed by atoms with Crippen LogP contribution < -0.4 is 53.6 Å². The van der Waals surface area contributed by atoms with Gasteiger partial charge < -0.3 is 68.9 Å². The second-order valence-corrected chi connectivity index (χ2v) is 14.9. The average molecular weight is 897 g/mol. The molecule has 0 aromatic heterocycles. The van der Waals surface area contributed by atoms with Crippen molar-refractivity contribution in [2.45, 2.75) is 94.3 Å². The normalized spacial score (nSPS) is 16.4. The van der Waals surface area contributed by atoms with E-state index in [0.717, 1.165) is 18.9 Å². The first-order valence-corrected chi connectivity index (χ1v) is 20.4. The van der Waals surface area contributed by atoms with Crippen LogP contribution in [0.1, 0.15) is 44.2 Å². The third kappa shape index (κ3) is 17.1. The van der Waals surface area contributed by atoms with Gasteiger partial charge in [-0.3, -0.25) is 47.9 Å². The highest BCUT2D eigenvalue weighted by Gasteiger charge is 2.33. The lowest BCUT2D eigenvalue weighted by atomic mass is 10.0. The quantitative estimate of drug-likeness (QED) is 0.0443. The van der Waals surface area contributed by atoms with Gasteiger partial charge in [0.05, 0.1) is 32.2 Å². The number of carboxylic acids is 1. The van der Waals surface area contributed by atoms with Crippen LogP contribution >= 0.6 is 0 Å². The van der Waals surface area contributed by atoms with Crippen molar-refractivity contribution in [1.82, 2.24) is 47.9 Å². The zero-order valence-electron chi connectivity index (χ0n) is 35.3. The molecule has 8 atom stereocenters. The Bertz CT molecular complexity index is 1970. The summed E-state index contributed by atoms with van der Waals surface area (Å²) in [5.74, 6) is -9.63. The van der Waals surface area contributed by atoms with Gasteiger partial charge in [-0.25, -0.2) is 0 Å². The summed E-state index contributed by atoms with van der Waals surface area (Å²) in [5, 5.41) is 50.6. The predicted molar refractivity (Wildman–Crippen MR) is 225 cm³/mol. The summed E-state index contributed by atoms with van der Waals surface area (Å²) in [6.07, 6.45) is 0.650. The number of carbonyl (C=O) groups is 10. The largest absolute Gasteiger partial charge is 0.480 e. The summed E-state index contributed by atoms with van der Waals surface area (Å²) < 4.78 is 0. The highest BCUT2D eigenvalue weighted by Crippen LogP contribution is 2.09. The smallest absolute Gasteiger partial charge is 0.325 e. The topological polar surface area (TPSA) is 366 Å². The van der Waals surface area contributed by atoms with Crippen molar-refractivity contribution in [1.29, 1.82) is 0 Å². The number of nitrogens with one attached hydrogen (secondary N) is 9. The van der Waals surface area contributed by atoms with Gasteiger partial charge in [0.15, 0.2) is 0 Å². The lowest BCUT2D eigenvalue weighted by Crippen LogP contribution is -2.60. The first kappa shape index (κ1) is 51.4. The maximum Gasteiger partial charge on any atom is 0.325 e. The van der Waals surface area contributed by atoms with Crippen molar-refractivity contribution in [2.24, 2.45) is 5.73 Å². The highest BCUT2D eigenvalue weighted by atomic mass is 16.4. The van der Waals surface area contributed by atoms with Crippen molar-refractivity contribution in [3.8, 4) is 0 Å². The molecule has 0 radical (unpaired) electrons. The molecule has 1 aliphatic rings. The average Bonchev–Trinajstić information content (AvgIpc) is 3.82. The van der Waals surface area contributed by atoms with E-state index in [1.54, 1.807) is 60.7 Å². The molecule has 2 aromatic rings. The van der Waals surface area contributed by atoms with E-state index in [2.05, 4.69) is 47.9 Å². The Morgan fingerprint density at radius 2 is 1.08 bits per heavy atom. The third-order valence-corrected chi connectivity index (χ3v) is 9.80. The number of nitrogens with two attached hydrogens (primary N) is 1. The Morgan fingerprint density at radius 1 is 0.609 bits per heavy atom. The Morgan fingerprint density at radius 3 is 1.59 bits per heavy atom. The molecule has 14 N–H and O–H groups in total. The van der Waals surface area contributed by atoms with Gasteiger partial charge in [0.25, 0.3) is 0 Å². The number of amides is 9. The fourth-order valence-corrected chi connectivity index (χ4v) is 6.23. The molecule has 0 spiro atoms. The number of primary amides is 1. The van der Waals surface area contributed by atoms with Gasteiger partial charge in [0.2, 0.25) is 53.2 Å². The molecule has 348 valence electrons. The van der Waals surface area contributed by atoms with Gasteiger partial charge >= 0.3 is 5.97 Å². The highest BCUT2D eigenvalue weighted by molar-refractivity contribution is 5.98. The summed E-state index contributed by atoms with van der Waals surface area (Å²) >= 11 is 0. The van der Waals surface area contributed by atoms with Crippen LogP contribution in [0.15, 0.2) is 60.7 Å². The number of rotatable bonds is 25. The second-order valence-electron chi connectivity index (χ2n) is 14.9. The monoisotopic (exact) mass is 896 g/mol. The van der Waals surface area contributed by atoms with Crippen molar-refractivity contribution >= 4 is 59.1 Å². The van der Waals surface area contributed by atoms with Crippen molar-refractivity contribution < 1.29 is 63.3 Å².